The average Bonchev–Trinajstić information content (AvgIpc) is 2.66. The Morgan fingerprint density at radius 1 is 1.12 bits per heavy atom. The number of carbonyl (C=O) groups is 1. The number of amides is 1. The first-order chi connectivity index (χ1) is 12.0. The maximum absolute atomic E-state index is 12.2. The predicted molar refractivity (Wildman–Crippen MR) is 110 cm³/mol. The van der Waals surface area contributed by atoms with Crippen LogP contribution in [0.3, 0.4) is 0 Å². The second kappa shape index (κ2) is 11.5. The Kier molecular flexibility index (Phi) is 10.2. The molecule has 0 spiro atoms. The van der Waals surface area contributed by atoms with Gasteiger partial charge in [-0.3, -0.25) is 9.69 Å². The molecule has 1 aromatic rings. The number of benzene rings is 1. The summed E-state index contributed by atoms with van der Waals surface area (Å²) in [6, 6.07) is 7.96. The number of hydrogen-bond acceptors (Lipinski definition) is 4. The fraction of sp³-hybridized carbons (Fsp3) is 0.650. The van der Waals surface area contributed by atoms with Crippen molar-refractivity contribution in [2.45, 2.75) is 46.3 Å². The Hall–Kier alpha value is -1.14. The molecule has 5 nitrogen and oxygen atoms in total. The number of carbonyl (C=O) groups excluding carboxylic acids is 1. The van der Waals surface area contributed by atoms with Gasteiger partial charge in [-0.05, 0) is 23.6 Å². The van der Waals surface area contributed by atoms with Crippen LogP contribution in [-0.4, -0.2) is 54.5 Å². The van der Waals surface area contributed by atoms with E-state index in [2.05, 4.69) is 47.2 Å². The minimum atomic E-state index is -0.431. The molecule has 0 bridgehead atoms. The molecule has 6 heteroatoms. The minimum Gasteiger partial charge on any atom is -0.351 e. The summed E-state index contributed by atoms with van der Waals surface area (Å²) in [5.74, 6) is 0.144. The molecule has 0 radical (unpaired) electrons. The summed E-state index contributed by atoms with van der Waals surface area (Å²) in [6.07, 6.45) is 0.912. The number of rotatable bonds is 8. The third-order valence-electron chi connectivity index (χ3n) is 5.44. The normalized spacial score (nSPS) is 18.0. The Morgan fingerprint density at radius 2 is 1.69 bits per heavy atom. The molecule has 1 heterocycles. The Balaban J connectivity index is 0.00000338. The van der Waals surface area contributed by atoms with Gasteiger partial charge in [-0.25, -0.2) is 0 Å². The molecule has 1 aromatic carbocycles. The van der Waals surface area contributed by atoms with Crippen LogP contribution in [-0.2, 0) is 17.9 Å². The lowest BCUT2D eigenvalue weighted by Gasteiger charge is -2.34. The maximum atomic E-state index is 12.2. The van der Waals surface area contributed by atoms with Crippen molar-refractivity contribution in [3.63, 3.8) is 0 Å². The van der Waals surface area contributed by atoms with E-state index in [0.29, 0.717) is 6.54 Å². The fourth-order valence-corrected chi connectivity index (χ4v) is 3.20. The molecule has 1 aliphatic rings. The number of nitrogens with one attached hydrogen (secondary N) is 1. The van der Waals surface area contributed by atoms with Crippen LogP contribution >= 0.6 is 12.4 Å². The number of nitrogens with zero attached hydrogens (tertiary/aromatic N) is 2. The molecule has 1 fully saturated rings. The lowest BCUT2D eigenvalue weighted by atomic mass is 9.99. The van der Waals surface area contributed by atoms with E-state index in [1.807, 2.05) is 13.0 Å². The van der Waals surface area contributed by atoms with Crippen molar-refractivity contribution in [2.24, 2.45) is 11.7 Å². The molecule has 2 atom stereocenters. The van der Waals surface area contributed by atoms with Crippen molar-refractivity contribution in [1.82, 2.24) is 15.1 Å². The van der Waals surface area contributed by atoms with Gasteiger partial charge in [0.2, 0.25) is 5.91 Å². The molecular weight excluding hydrogens is 348 g/mol. The van der Waals surface area contributed by atoms with Gasteiger partial charge in [0.1, 0.15) is 0 Å². The second-order valence-electron chi connectivity index (χ2n) is 7.11. The smallest absolute Gasteiger partial charge is 0.237 e. The van der Waals surface area contributed by atoms with Gasteiger partial charge in [0, 0.05) is 39.3 Å². The van der Waals surface area contributed by atoms with Gasteiger partial charge < -0.3 is 16.0 Å². The molecule has 3 N–H and O–H groups in total. The summed E-state index contributed by atoms with van der Waals surface area (Å²) >= 11 is 0. The number of halogens is 1. The van der Waals surface area contributed by atoms with Crippen molar-refractivity contribution in [2.75, 3.05) is 32.7 Å². The quantitative estimate of drug-likeness (QED) is 0.723. The SMILES string of the molecule is CCC(C)C(N)C(=O)NCc1ccccc1CN1CCN(CC)CC1.Cl. The molecule has 1 amide bonds. The van der Waals surface area contributed by atoms with Gasteiger partial charge in [0.25, 0.3) is 0 Å². The summed E-state index contributed by atoms with van der Waals surface area (Å²) < 4.78 is 0. The van der Waals surface area contributed by atoms with E-state index in [9.17, 15) is 4.79 Å². The second-order valence-corrected chi connectivity index (χ2v) is 7.11. The van der Waals surface area contributed by atoms with Gasteiger partial charge >= 0.3 is 0 Å². The van der Waals surface area contributed by atoms with Crippen molar-refractivity contribution in [1.29, 1.82) is 0 Å². The highest BCUT2D eigenvalue weighted by Crippen LogP contribution is 2.14. The Morgan fingerprint density at radius 3 is 2.27 bits per heavy atom. The zero-order valence-electron chi connectivity index (χ0n) is 16.4. The van der Waals surface area contributed by atoms with Crippen LogP contribution in [0.25, 0.3) is 0 Å². The largest absolute Gasteiger partial charge is 0.351 e. The van der Waals surface area contributed by atoms with Crippen molar-refractivity contribution in [3.8, 4) is 0 Å². The fourth-order valence-electron chi connectivity index (χ4n) is 3.20. The summed E-state index contributed by atoms with van der Waals surface area (Å²) in [5.41, 5.74) is 8.51. The van der Waals surface area contributed by atoms with Gasteiger partial charge in [-0.15, -0.1) is 12.4 Å². The summed E-state index contributed by atoms with van der Waals surface area (Å²) in [4.78, 5) is 17.2. The van der Waals surface area contributed by atoms with E-state index < -0.39 is 6.04 Å². The van der Waals surface area contributed by atoms with Gasteiger partial charge in [0.15, 0.2) is 0 Å². The summed E-state index contributed by atoms with van der Waals surface area (Å²) in [6.45, 7) is 13.4. The monoisotopic (exact) mass is 382 g/mol. The molecule has 2 rings (SSSR count). The number of likely N-dealkylation sites (N-methyl/N-ethyl adjacent to an activating group) is 1. The molecular formula is C20H35ClN4O. The van der Waals surface area contributed by atoms with E-state index in [4.69, 9.17) is 5.73 Å². The van der Waals surface area contributed by atoms with E-state index in [0.717, 1.165) is 45.7 Å². The summed E-state index contributed by atoms with van der Waals surface area (Å²) in [7, 11) is 0. The van der Waals surface area contributed by atoms with Crippen molar-refractivity contribution in [3.05, 3.63) is 35.4 Å². The van der Waals surface area contributed by atoms with Crippen LogP contribution < -0.4 is 11.1 Å². The molecule has 26 heavy (non-hydrogen) atoms. The molecule has 0 aliphatic carbocycles. The molecule has 148 valence electrons. The molecule has 1 aliphatic heterocycles. The minimum absolute atomic E-state index is 0. The highest BCUT2D eigenvalue weighted by Gasteiger charge is 2.20. The number of nitrogens with two attached hydrogens (primary N) is 1. The molecule has 0 aromatic heterocycles. The van der Waals surface area contributed by atoms with Crippen LogP contribution in [0, 0.1) is 5.92 Å². The average molecular weight is 383 g/mol. The lowest BCUT2D eigenvalue weighted by molar-refractivity contribution is -0.123. The Bertz CT molecular complexity index is 546. The van der Waals surface area contributed by atoms with E-state index in [1.165, 1.54) is 11.1 Å². The van der Waals surface area contributed by atoms with Crippen LogP contribution in [0.4, 0.5) is 0 Å². The van der Waals surface area contributed by atoms with E-state index in [-0.39, 0.29) is 24.2 Å². The van der Waals surface area contributed by atoms with E-state index >= 15 is 0 Å². The summed E-state index contributed by atoms with van der Waals surface area (Å²) in [5, 5.41) is 3.02. The van der Waals surface area contributed by atoms with Gasteiger partial charge in [-0.2, -0.15) is 0 Å². The molecule has 0 saturated carbocycles. The van der Waals surface area contributed by atoms with Crippen molar-refractivity contribution < 1.29 is 4.79 Å². The number of piperazine rings is 1. The van der Waals surface area contributed by atoms with Crippen LogP contribution in [0.5, 0.6) is 0 Å². The van der Waals surface area contributed by atoms with Gasteiger partial charge in [0.05, 0.1) is 6.04 Å². The first-order valence-corrected chi connectivity index (χ1v) is 9.59. The lowest BCUT2D eigenvalue weighted by Crippen LogP contribution is -2.46. The number of hydrogen-bond donors (Lipinski definition) is 2. The first-order valence-electron chi connectivity index (χ1n) is 9.59. The standard InChI is InChI=1S/C20H34N4O.ClH/c1-4-16(3)19(21)20(25)22-14-17-8-6-7-9-18(17)15-24-12-10-23(5-2)11-13-24;/h6-9,16,19H,4-5,10-15,21H2,1-3H3,(H,22,25);1H. The highest BCUT2D eigenvalue weighted by molar-refractivity contribution is 5.85. The topological polar surface area (TPSA) is 61.6 Å². The molecule has 2 unspecified atom stereocenters. The first kappa shape index (κ1) is 22.9. The third-order valence-corrected chi connectivity index (χ3v) is 5.44. The van der Waals surface area contributed by atoms with Crippen molar-refractivity contribution >= 4 is 18.3 Å². The third kappa shape index (κ3) is 6.54. The van der Waals surface area contributed by atoms with E-state index in [1.54, 1.807) is 0 Å². The zero-order valence-corrected chi connectivity index (χ0v) is 17.2. The van der Waals surface area contributed by atoms with Crippen LogP contribution in [0.2, 0.25) is 0 Å². The van der Waals surface area contributed by atoms with Crippen LogP contribution in [0.1, 0.15) is 38.3 Å². The molecule has 1 saturated heterocycles. The maximum Gasteiger partial charge on any atom is 0.237 e. The van der Waals surface area contributed by atoms with Crippen LogP contribution in [0.15, 0.2) is 24.3 Å². The van der Waals surface area contributed by atoms with Gasteiger partial charge in [-0.1, -0.05) is 51.5 Å². The highest BCUT2D eigenvalue weighted by atomic mass is 35.5. The predicted octanol–water partition coefficient (Wildman–Crippen LogP) is 2.24. The zero-order chi connectivity index (χ0) is 18.2. The Labute approximate surface area is 164 Å².